The van der Waals surface area contributed by atoms with Gasteiger partial charge in [-0.1, -0.05) is 18.2 Å². The third kappa shape index (κ3) is 4.28. The minimum absolute atomic E-state index is 0.223. The van der Waals surface area contributed by atoms with Gasteiger partial charge < -0.3 is 10.2 Å². The summed E-state index contributed by atoms with van der Waals surface area (Å²) in [4.78, 5) is 10.6. The van der Waals surface area contributed by atoms with Crippen LogP contribution in [0.5, 0.6) is 0 Å². The van der Waals surface area contributed by atoms with Crippen molar-refractivity contribution in [2.75, 3.05) is 14.1 Å². The Bertz CT molecular complexity index is 637. The molecule has 0 spiro atoms. The van der Waals surface area contributed by atoms with Gasteiger partial charge in [-0.25, -0.2) is 4.39 Å². The SMILES string of the molecule is CN=C(NCc1ncccc1C)N(C)Cc1ccc(F)cc1. The van der Waals surface area contributed by atoms with Gasteiger partial charge in [0.15, 0.2) is 5.96 Å². The first-order chi connectivity index (χ1) is 10.6. The Hall–Kier alpha value is -2.43. The molecule has 116 valence electrons. The van der Waals surface area contributed by atoms with E-state index >= 15 is 0 Å². The Kier molecular flexibility index (Phi) is 5.47. The minimum Gasteiger partial charge on any atom is -0.351 e. The molecule has 22 heavy (non-hydrogen) atoms. The Labute approximate surface area is 130 Å². The number of nitrogens with zero attached hydrogens (tertiary/aromatic N) is 3. The number of aryl methyl sites for hydroxylation is 1. The largest absolute Gasteiger partial charge is 0.351 e. The maximum absolute atomic E-state index is 12.9. The van der Waals surface area contributed by atoms with Gasteiger partial charge >= 0.3 is 0 Å². The van der Waals surface area contributed by atoms with Crippen molar-refractivity contribution in [3.05, 3.63) is 65.2 Å². The number of rotatable bonds is 4. The van der Waals surface area contributed by atoms with Crippen molar-refractivity contribution in [1.29, 1.82) is 0 Å². The fourth-order valence-corrected chi connectivity index (χ4v) is 2.19. The maximum Gasteiger partial charge on any atom is 0.194 e. The standard InChI is InChI=1S/C17H21FN4/c1-13-5-4-10-20-16(13)11-21-17(19-2)22(3)12-14-6-8-15(18)9-7-14/h4-10H,11-12H2,1-3H3,(H,19,21). The molecule has 0 fully saturated rings. The summed E-state index contributed by atoms with van der Waals surface area (Å²) in [5, 5.41) is 3.30. The summed E-state index contributed by atoms with van der Waals surface area (Å²) in [7, 11) is 3.69. The number of nitrogens with one attached hydrogen (secondary N) is 1. The van der Waals surface area contributed by atoms with Gasteiger partial charge in [0.25, 0.3) is 0 Å². The fraction of sp³-hybridized carbons (Fsp3) is 0.294. The number of benzene rings is 1. The van der Waals surface area contributed by atoms with E-state index in [0.29, 0.717) is 13.1 Å². The fourth-order valence-electron chi connectivity index (χ4n) is 2.19. The van der Waals surface area contributed by atoms with Crippen LogP contribution in [0.2, 0.25) is 0 Å². The topological polar surface area (TPSA) is 40.5 Å². The van der Waals surface area contributed by atoms with E-state index in [4.69, 9.17) is 0 Å². The van der Waals surface area contributed by atoms with Crippen molar-refractivity contribution >= 4 is 5.96 Å². The van der Waals surface area contributed by atoms with Crippen LogP contribution in [0.1, 0.15) is 16.8 Å². The highest BCUT2D eigenvalue weighted by molar-refractivity contribution is 5.79. The quantitative estimate of drug-likeness (QED) is 0.697. The molecule has 4 nitrogen and oxygen atoms in total. The van der Waals surface area contributed by atoms with E-state index in [9.17, 15) is 4.39 Å². The van der Waals surface area contributed by atoms with Crippen LogP contribution in [0.25, 0.3) is 0 Å². The molecular weight excluding hydrogens is 279 g/mol. The van der Waals surface area contributed by atoms with E-state index < -0.39 is 0 Å². The molecule has 0 aliphatic carbocycles. The first-order valence-electron chi connectivity index (χ1n) is 7.17. The van der Waals surface area contributed by atoms with Crippen LogP contribution in [0.3, 0.4) is 0 Å². The van der Waals surface area contributed by atoms with Crippen molar-refractivity contribution in [3.8, 4) is 0 Å². The van der Waals surface area contributed by atoms with Crippen molar-refractivity contribution < 1.29 is 4.39 Å². The lowest BCUT2D eigenvalue weighted by Gasteiger charge is -2.22. The van der Waals surface area contributed by atoms with E-state index in [-0.39, 0.29) is 5.82 Å². The van der Waals surface area contributed by atoms with Crippen LogP contribution in [0, 0.1) is 12.7 Å². The zero-order valence-corrected chi connectivity index (χ0v) is 13.2. The van der Waals surface area contributed by atoms with Crippen molar-refractivity contribution in [2.45, 2.75) is 20.0 Å². The van der Waals surface area contributed by atoms with Gasteiger partial charge in [-0.3, -0.25) is 9.98 Å². The molecule has 1 heterocycles. The molecule has 0 aliphatic rings. The van der Waals surface area contributed by atoms with E-state index in [2.05, 4.69) is 15.3 Å². The summed E-state index contributed by atoms with van der Waals surface area (Å²) >= 11 is 0. The average molecular weight is 300 g/mol. The van der Waals surface area contributed by atoms with Crippen LogP contribution in [0.15, 0.2) is 47.6 Å². The summed E-state index contributed by atoms with van der Waals surface area (Å²) in [6.07, 6.45) is 1.79. The molecule has 0 bridgehead atoms. The second-order valence-electron chi connectivity index (χ2n) is 5.15. The number of aromatic nitrogens is 1. The van der Waals surface area contributed by atoms with Crippen LogP contribution in [-0.4, -0.2) is 29.9 Å². The molecule has 0 saturated heterocycles. The molecule has 2 aromatic rings. The first-order valence-corrected chi connectivity index (χ1v) is 7.17. The molecule has 0 amide bonds. The number of hydrogen-bond acceptors (Lipinski definition) is 2. The normalized spacial score (nSPS) is 11.4. The zero-order chi connectivity index (χ0) is 15.9. The lowest BCUT2D eigenvalue weighted by Crippen LogP contribution is -2.38. The zero-order valence-electron chi connectivity index (χ0n) is 13.2. The van der Waals surface area contributed by atoms with Gasteiger partial charge in [0, 0.05) is 26.8 Å². The molecule has 1 N–H and O–H groups in total. The lowest BCUT2D eigenvalue weighted by molar-refractivity contribution is 0.475. The minimum atomic E-state index is -0.223. The summed E-state index contributed by atoms with van der Waals surface area (Å²) in [5.74, 6) is 0.550. The Morgan fingerprint density at radius 1 is 1.27 bits per heavy atom. The van der Waals surface area contributed by atoms with Gasteiger partial charge in [-0.15, -0.1) is 0 Å². The predicted molar refractivity (Wildman–Crippen MR) is 87.0 cm³/mol. The third-order valence-corrected chi connectivity index (χ3v) is 3.44. The van der Waals surface area contributed by atoms with E-state index in [1.807, 2.05) is 31.0 Å². The van der Waals surface area contributed by atoms with E-state index in [1.54, 1.807) is 25.4 Å². The summed E-state index contributed by atoms with van der Waals surface area (Å²) in [6, 6.07) is 10.5. The van der Waals surface area contributed by atoms with Gasteiger partial charge in [-0.05, 0) is 36.2 Å². The average Bonchev–Trinajstić information content (AvgIpc) is 2.52. The van der Waals surface area contributed by atoms with Crippen molar-refractivity contribution in [3.63, 3.8) is 0 Å². The Morgan fingerprint density at radius 3 is 2.64 bits per heavy atom. The molecule has 1 aromatic heterocycles. The number of aliphatic imine (C=N–C) groups is 1. The highest BCUT2D eigenvalue weighted by Gasteiger charge is 2.08. The predicted octanol–water partition coefficient (Wildman–Crippen LogP) is 2.74. The number of hydrogen-bond donors (Lipinski definition) is 1. The lowest BCUT2D eigenvalue weighted by atomic mass is 10.2. The Morgan fingerprint density at radius 2 is 2.00 bits per heavy atom. The maximum atomic E-state index is 12.9. The van der Waals surface area contributed by atoms with E-state index in [1.165, 1.54) is 12.1 Å². The highest BCUT2D eigenvalue weighted by Crippen LogP contribution is 2.06. The van der Waals surface area contributed by atoms with Crippen molar-refractivity contribution in [1.82, 2.24) is 15.2 Å². The number of pyridine rings is 1. The third-order valence-electron chi connectivity index (χ3n) is 3.44. The first kappa shape index (κ1) is 15.9. The van der Waals surface area contributed by atoms with Crippen LogP contribution in [0.4, 0.5) is 4.39 Å². The smallest absolute Gasteiger partial charge is 0.194 e. The van der Waals surface area contributed by atoms with Gasteiger partial charge in [0.2, 0.25) is 0 Å². The molecule has 0 atom stereocenters. The summed E-state index contributed by atoms with van der Waals surface area (Å²) in [5.41, 5.74) is 3.17. The molecule has 0 aliphatic heterocycles. The van der Waals surface area contributed by atoms with Gasteiger partial charge in [0.1, 0.15) is 5.82 Å². The molecule has 0 saturated carbocycles. The summed E-state index contributed by atoms with van der Waals surface area (Å²) in [6.45, 7) is 3.31. The van der Waals surface area contributed by atoms with Crippen molar-refractivity contribution in [2.24, 2.45) is 4.99 Å². The monoisotopic (exact) mass is 300 g/mol. The van der Waals surface area contributed by atoms with Gasteiger partial charge in [-0.2, -0.15) is 0 Å². The molecular formula is C17H21FN4. The van der Waals surface area contributed by atoms with Crippen LogP contribution < -0.4 is 5.32 Å². The molecule has 5 heteroatoms. The van der Waals surface area contributed by atoms with E-state index in [0.717, 1.165) is 22.8 Å². The van der Waals surface area contributed by atoms with Gasteiger partial charge in [0.05, 0.1) is 12.2 Å². The highest BCUT2D eigenvalue weighted by atomic mass is 19.1. The second-order valence-corrected chi connectivity index (χ2v) is 5.15. The van der Waals surface area contributed by atoms with Crippen LogP contribution >= 0.6 is 0 Å². The van der Waals surface area contributed by atoms with Crippen LogP contribution in [-0.2, 0) is 13.1 Å². The number of guanidine groups is 1. The Balaban J connectivity index is 1.96. The second kappa shape index (κ2) is 7.54. The molecule has 0 radical (unpaired) electrons. The molecule has 2 rings (SSSR count). The number of halogens is 1. The molecule has 0 unspecified atom stereocenters. The summed E-state index contributed by atoms with van der Waals surface area (Å²) < 4.78 is 12.9. The molecule has 1 aromatic carbocycles.